The number of aromatic nitrogens is 4. The van der Waals surface area contributed by atoms with Crippen LogP contribution in [0.2, 0.25) is 0 Å². The molecule has 6 nitrogen and oxygen atoms in total. The Hall–Kier alpha value is -2.76. The van der Waals surface area contributed by atoms with Crippen LogP contribution in [-0.4, -0.2) is 26.1 Å². The third-order valence-corrected chi connectivity index (χ3v) is 3.12. The molecule has 0 saturated carbocycles. The second-order valence-electron chi connectivity index (χ2n) is 4.43. The highest BCUT2D eigenvalue weighted by molar-refractivity contribution is 6.04. The summed E-state index contributed by atoms with van der Waals surface area (Å²) in [4.78, 5) is 20.7. The lowest BCUT2D eigenvalue weighted by atomic mass is 10.1. The molecule has 100 valence electrons. The first-order chi connectivity index (χ1) is 9.75. The predicted octanol–water partition coefficient (Wildman–Crippen LogP) is 1.59. The number of nitrogens with one attached hydrogen (secondary N) is 2. The molecule has 0 bridgehead atoms. The van der Waals surface area contributed by atoms with E-state index in [2.05, 4.69) is 25.5 Å². The Morgan fingerprint density at radius 2 is 2.15 bits per heavy atom. The van der Waals surface area contributed by atoms with Gasteiger partial charge in [-0.3, -0.25) is 19.9 Å². The van der Waals surface area contributed by atoms with Crippen LogP contribution >= 0.6 is 0 Å². The van der Waals surface area contributed by atoms with Gasteiger partial charge in [-0.05, 0) is 19.1 Å². The Labute approximate surface area is 115 Å². The number of aryl methyl sites for hydroxylation is 1. The van der Waals surface area contributed by atoms with Crippen molar-refractivity contribution in [2.75, 3.05) is 0 Å². The van der Waals surface area contributed by atoms with Crippen LogP contribution in [0.5, 0.6) is 0 Å². The molecule has 0 aliphatic heterocycles. The number of aromatic amines is 1. The van der Waals surface area contributed by atoms with Crippen LogP contribution in [0, 0.1) is 6.92 Å². The van der Waals surface area contributed by atoms with Crippen molar-refractivity contribution in [2.24, 2.45) is 0 Å². The summed E-state index contributed by atoms with van der Waals surface area (Å²) in [5.41, 5.74) is 3.75. The number of H-pyrrole nitrogens is 1. The molecule has 0 fully saturated rings. The smallest absolute Gasteiger partial charge is 0.253 e. The Balaban J connectivity index is 1.84. The van der Waals surface area contributed by atoms with Crippen molar-refractivity contribution >= 4 is 16.9 Å². The molecule has 0 saturated heterocycles. The Morgan fingerprint density at radius 3 is 2.95 bits per heavy atom. The van der Waals surface area contributed by atoms with Gasteiger partial charge >= 0.3 is 0 Å². The molecule has 2 N–H and O–H groups in total. The number of carbonyl (C=O) groups excluding carboxylic acids is 1. The average Bonchev–Trinajstić information content (AvgIpc) is 2.89. The summed E-state index contributed by atoms with van der Waals surface area (Å²) in [5, 5.41) is 9.63. The zero-order valence-electron chi connectivity index (χ0n) is 10.9. The SMILES string of the molecule is Cc1[nH]ncc1CNC(=O)c1cccc2nccnc12. The van der Waals surface area contributed by atoms with Gasteiger partial charge in [-0.1, -0.05) is 6.07 Å². The Kier molecular flexibility index (Phi) is 3.12. The van der Waals surface area contributed by atoms with E-state index in [1.54, 1.807) is 30.7 Å². The summed E-state index contributed by atoms with van der Waals surface area (Å²) in [7, 11) is 0. The summed E-state index contributed by atoms with van der Waals surface area (Å²) in [6.07, 6.45) is 4.90. The van der Waals surface area contributed by atoms with Crippen LogP contribution in [0.1, 0.15) is 21.6 Å². The summed E-state index contributed by atoms with van der Waals surface area (Å²) in [6, 6.07) is 5.38. The van der Waals surface area contributed by atoms with Crippen LogP contribution in [-0.2, 0) is 6.54 Å². The lowest BCUT2D eigenvalue weighted by Gasteiger charge is -2.06. The lowest BCUT2D eigenvalue weighted by Crippen LogP contribution is -2.23. The molecule has 0 spiro atoms. The normalized spacial score (nSPS) is 10.7. The summed E-state index contributed by atoms with van der Waals surface area (Å²) in [6.45, 7) is 2.34. The van der Waals surface area contributed by atoms with Gasteiger partial charge in [0.25, 0.3) is 5.91 Å². The third kappa shape index (κ3) is 2.23. The number of hydrogen-bond donors (Lipinski definition) is 2. The van der Waals surface area contributed by atoms with Crippen molar-refractivity contribution in [1.29, 1.82) is 0 Å². The second kappa shape index (κ2) is 5.08. The molecule has 0 aliphatic carbocycles. The fourth-order valence-corrected chi connectivity index (χ4v) is 2.00. The number of nitrogens with zero attached hydrogens (tertiary/aromatic N) is 3. The monoisotopic (exact) mass is 267 g/mol. The molecule has 1 aromatic carbocycles. The van der Waals surface area contributed by atoms with Crippen LogP contribution in [0.25, 0.3) is 11.0 Å². The minimum Gasteiger partial charge on any atom is -0.348 e. The molecule has 0 aliphatic rings. The Morgan fingerprint density at radius 1 is 1.30 bits per heavy atom. The van der Waals surface area contributed by atoms with E-state index >= 15 is 0 Å². The van der Waals surface area contributed by atoms with E-state index in [9.17, 15) is 4.79 Å². The molecular formula is C14H13N5O. The highest BCUT2D eigenvalue weighted by Crippen LogP contribution is 2.13. The number of fused-ring (bicyclic) bond motifs is 1. The highest BCUT2D eigenvalue weighted by atomic mass is 16.1. The first kappa shape index (κ1) is 12.3. The predicted molar refractivity (Wildman–Crippen MR) is 74.0 cm³/mol. The van der Waals surface area contributed by atoms with E-state index in [4.69, 9.17) is 0 Å². The molecule has 0 atom stereocenters. The molecule has 0 radical (unpaired) electrons. The third-order valence-electron chi connectivity index (χ3n) is 3.12. The summed E-state index contributed by atoms with van der Waals surface area (Å²) in [5.74, 6) is -0.170. The minimum atomic E-state index is -0.170. The van der Waals surface area contributed by atoms with Crippen molar-refractivity contribution in [3.63, 3.8) is 0 Å². The topological polar surface area (TPSA) is 83.6 Å². The molecule has 1 amide bonds. The maximum Gasteiger partial charge on any atom is 0.253 e. The van der Waals surface area contributed by atoms with Gasteiger partial charge in [0.05, 0.1) is 17.3 Å². The van der Waals surface area contributed by atoms with Gasteiger partial charge in [-0.25, -0.2) is 0 Å². The van der Waals surface area contributed by atoms with Crippen LogP contribution in [0.3, 0.4) is 0 Å². The molecule has 0 unspecified atom stereocenters. The minimum absolute atomic E-state index is 0.170. The second-order valence-corrected chi connectivity index (χ2v) is 4.43. The van der Waals surface area contributed by atoms with Crippen LogP contribution < -0.4 is 5.32 Å². The lowest BCUT2D eigenvalue weighted by molar-refractivity contribution is 0.0952. The summed E-state index contributed by atoms with van der Waals surface area (Å²) >= 11 is 0. The van der Waals surface area contributed by atoms with E-state index in [-0.39, 0.29) is 5.91 Å². The molecule has 2 aromatic heterocycles. The highest BCUT2D eigenvalue weighted by Gasteiger charge is 2.11. The maximum absolute atomic E-state index is 12.3. The van der Waals surface area contributed by atoms with Gasteiger partial charge in [0.2, 0.25) is 0 Å². The fourth-order valence-electron chi connectivity index (χ4n) is 2.00. The molecular weight excluding hydrogens is 254 g/mol. The number of amides is 1. The number of para-hydroxylation sites is 1. The van der Waals surface area contributed by atoms with Gasteiger partial charge < -0.3 is 5.32 Å². The van der Waals surface area contributed by atoms with Crippen molar-refractivity contribution in [3.05, 3.63) is 53.6 Å². The van der Waals surface area contributed by atoms with Crippen molar-refractivity contribution in [2.45, 2.75) is 13.5 Å². The van der Waals surface area contributed by atoms with E-state index in [1.807, 2.05) is 13.0 Å². The zero-order valence-corrected chi connectivity index (χ0v) is 10.9. The first-order valence-electron chi connectivity index (χ1n) is 6.22. The average molecular weight is 267 g/mol. The van der Waals surface area contributed by atoms with E-state index in [0.717, 1.165) is 11.3 Å². The van der Waals surface area contributed by atoms with Crippen molar-refractivity contribution in [3.8, 4) is 0 Å². The maximum atomic E-state index is 12.3. The van der Waals surface area contributed by atoms with Crippen molar-refractivity contribution in [1.82, 2.24) is 25.5 Å². The number of benzene rings is 1. The van der Waals surface area contributed by atoms with E-state index in [1.165, 1.54) is 0 Å². The van der Waals surface area contributed by atoms with Gasteiger partial charge in [0, 0.05) is 30.2 Å². The standard InChI is InChI=1S/C14H13N5O/c1-9-10(8-18-19-9)7-17-14(20)11-3-2-4-12-13(11)16-6-5-15-12/h2-6,8H,7H2,1H3,(H,17,20)(H,18,19). The quantitative estimate of drug-likeness (QED) is 0.754. The van der Waals surface area contributed by atoms with Crippen LogP contribution in [0.4, 0.5) is 0 Å². The van der Waals surface area contributed by atoms with Gasteiger partial charge in [-0.2, -0.15) is 5.10 Å². The number of rotatable bonds is 3. The molecule has 3 rings (SSSR count). The van der Waals surface area contributed by atoms with E-state index < -0.39 is 0 Å². The molecule has 20 heavy (non-hydrogen) atoms. The van der Waals surface area contributed by atoms with Crippen LogP contribution in [0.15, 0.2) is 36.8 Å². The van der Waals surface area contributed by atoms with Gasteiger partial charge in [0.15, 0.2) is 0 Å². The van der Waals surface area contributed by atoms with Gasteiger partial charge in [0.1, 0.15) is 5.52 Å². The Bertz CT molecular complexity index is 760. The van der Waals surface area contributed by atoms with Crippen molar-refractivity contribution < 1.29 is 4.79 Å². The largest absolute Gasteiger partial charge is 0.348 e. The zero-order chi connectivity index (χ0) is 13.9. The molecule has 2 heterocycles. The molecule has 3 aromatic rings. The fraction of sp³-hybridized carbons (Fsp3) is 0.143. The number of hydrogen-bond acceptors (Lipinski definition) is 4. The molecule has 6 heteroatoms. The van der Waals surface area contributed by atoms with Gasteiger partial charge in [-0.15, -0.1) is 0 Å². The summed E-state index contributed by atoms with van der Waals surface area (Å²) < 4.78 is 0. The first-order valence-corrected chi connectivity index (χ1v) is 6.22. The van der Waals surface area contributed by atoms with E-state index in [0.29, 0.717) is 23.1 Å². The number of carbonyl (C=O) groups is 1.